The van der Waals surface area contributed by atoms with Gasteiger partial charge in [0.1, 0.15) is 5.75 Å². The Morgan fingerprint density at radius 1 is 1.47 bits per heavy atom. The number of carbonyl (C=O) groups excluding carboxylic acids is 1. The van der Waals surface area contributed by atoms with Crippen molar-refractivity contribution in [3.8, 4) is 5.75 Å². The van der Waals surface area contributed by atoms with E-state index in [2.05, 4.69) is 11.9 Å². The predicted octanol–water partition coefficient (Wildman–Crippen LogP) is 2.02. The second-order valence-corrected chi connectivity index (χ2v) is 3.27. The summed E-state index contributed by atoms with van der Waals surface area (Å²) in [5.41, 5.74) is 0. The van der Waals surface area contributed by atoms with Crippen LogP contribution in [-0.4, -0.2) is 19.1 Å². The van der Waals surface area contributed by atoms with Gasteiger partial charge in [0.25, 0.3) is 5.91 Å². The summed E-state index contributed by atoms with van der Waals surface area (Å²) in [7, 11) is 0. The molecule has 1 aromatic rings. The van der Waals surface area contributed by atoms with Crippen LogP contribution in [0.1, 0.15) is 0 Å². The summed E-state index contributed by atoms with van der Waals surface area (Å²) in [4.78, 5) is 11.1. The van der Waals surface area contributed by atoms with Gasteiger partial charge in [-0.05, 0) is 24.3 Å². The summed E-state index contributed by atoms with van der Waals surface area (Å²) >= 11 is 5.70. The van der Waals surface area contributed by atoms with Crippen LogP contribution in [0.15, 0.2) is 36.9 Å². The molecule has 0 aliphatic rings. The number of rotatable bonds is 5. The number of halogens is 1. The predicted molar refractivity (Wildman–Crippen MR) is 60.2 cm³/mol. The quantitative estimate of drug-likeness (QED) is 0.779. The summed E-state index contributed by atoms with van der Waals surface area (Å²) in [6.45, 7) is 3.93. The molecule has 1 aromatic carbocycles. The van der Waals surface area contributed by atoms with Gasteiger partial charge < -0.3 is 10.1 Å². The number of hydrogen-bond donors (Lipinski definition) is 1. The number of nitrogens with one attached hydrogen (secondary N) is 1. The van der Waals surface area contributed by atoms with Crippen LogP contribution in [0.25, 0.3) is 0 Å². The van der Waals surface area contributed by atoms with Gasteiger partial charge in [0.05, 0.1) is 0 Å². The van der Waals surface area contributed by atoms with Gasteiger partial charge in [-0.2, -0.15) is 0 Å². The van der Waals surface area contributed by atoms with E-state index >= 15 is 0 Å². The fraction of sp³-hybridized carbons (Fsp3) is 0.182. The molecule has 0 aliphatic heterocycles. The highest BCUT2D eigenvalue weighted by atomic mass is 35.5. The Hall–Kier alpha value is -1.48. The fourth-order valence-corrected chi connectivity index (χ4v) is 1.04. The average Bonchev–Trinajstić information content (AvgIpc) is 2.25. The first kappa shape index (κ1) is 11.6. The molecule has 0 aromatic heterocycles. The van der Waals surface area contributed by atoms with E-state index in [0.717, 1.165) is 0 Å². The van der Waals surface area contributed by atoms with E-state index in [0.29, 0.717) is 17.3 Å². The Bertz CT molecular complexity index is 335. The third kappa shape index (κ3) is 4.51. The van der Waals surface area contributed by atoms with Crippen molar-refractivity contribution in [2.45, 2.75) is 0 Å². The topological polar surface area (TPSA) is 38.3 Å². The number of carbonyl (C=O) groups is 1. The zero-order chi connectivity index (χ0) is 11.1. The van der Waals surface area contributed by atoms with Crippen molar-refractivity contribution >= 4 is 17.5 Å². The molecule has 0 atom stereocenters. The lowest BCUT2D eigenvalue weighted by Gasteiger charge is -2.05. The first-order valence-electron chi connectivity index (χ1n) is 4.48. The minimum atomic E-state index is -0.176. The Kier molecular flexibility index (Phi) is 4.71. The fourth-order valence-electron chi connectivity index (χ4n) is 0.917. The zero-order valence-electron chi connectivity index (χ0n) is 8.20. The maximum absolute atomic E-state index is 11.1. The summed E-state index contributed by atoms with van der Waals surface area (Å²) in [5, 5.41) is 3.24. The van der Waals surface area contributed by atoms with E-state index in [1.807, 2.05) is 0 Å². The molecule has 1 N–H and O–H groups in total. The van der Waals surface area contributed by atoms with E-state index in [9.17, 15) is 4.79 Å². The molecule has 0 bridgehead atoms. The molecule has 1 amide bonds. The van der Waals surface area contributed by atoms with E-state index in [4.69, 9.17) is 16.3 Å². The minimum absolute atomic E-state index is 0.00449. The van der Waals surface area contributed by atoms with E-state index in [1.165, 1.54) is 0 Å². The third-order valence-electron chi connectivity index (χ3n) is 1.63. The molecule has 1 rings (SSSR count). The van der Waals surface area contributed by atoms with E-state index in [-0.39, 0.29) is 12.5 Å². The second-order valence-electron chi connectivity index (χ2n) is 2.84. The maximum atomic E-state index is 11.1. The normalized spacial score (nSPS) is 9.40. The zero-order valence-corrected chi connectivity index (χ0v) is 8.96. The number of benzene rings is 1. The van der Waals surface area contributed by atoms with Gasteiger partial charge in [-0.15, -0.1) is 6.58 Å². The smallest absolute Gasteiger partial charge is 0.258 e. The van der Waals surface area contributed by atoms with Crippen molar-refractivity contribution in [2.75, 3.05) is 13.2 Å². The maximum Gasteiger partial charge on any atom is 0.258 e. The average molecular weight is 226 g/mol. The van der Waals surface area contributed by atoms with Gasteiger partial charge in [-0.1, -0.05) is 17.7 Å². The van der Waals surface area contributed by atoms with Crippen LogP contribution >= 0.6 is 11.6 Å². The Morgan fingerprint density at radius 2 is 2.13 bits per heavy atom. The van der Waals surface area contributed by atoms with Crippen molar-refractivity contribution in [3.63, 3.8) is 0 Å². The van der Waals surface area contributed by atoms with Crippen LogP contribution in [0.5, 0.6) is 5.75 Å². The molecule has 0 heterocycles. The van der Waals surface area contributed by atoms with Gasteiger partial charge in [0.2, 0.25) is 0 Å². The minimum Gasteiger partial charge on any atom is -0.484 e. The summed E-state index contributed by atoms with van der Waals surface area (Å²) in [6.07, 6.45) is 1.61. The van der Waals surface area contributed by atoms with Crippen molar-refractivity contribution in [1.82, 2.24) is 5.32 Å². The SMILES string of the molecule is C=CCNC(=O)COc1ccc(Cl)cc1. The van der Waals surface area contributed by atoms with Crippen LogP contribution in [0.4, 0.5) is 0 Å². The van der Waals surface area contributed by atoms with Crippen LogP contribution in [0.2, 0.25) is 5.02 Å². The molecular formula is C11H12ClNO2. The molecule has 0 spiro atoms. The molecule has 0 aliphatic carbocycles. The first-order valence-corrected chi connectivity index (χ1v) is 4.86. The molecule has 80 valence electrons. The van der Waals surface area contributed by atoms with Crippen molar-refractivity contribution in [2.24, 2.45) is 0 Å². The summed E-state index contributed by atoms with van der Waals surface area (Å²) < 4.78 is 5.21. The molecule has 3 nitrogen and oxygen atoms in total. The third-order valence-corrected chi connectivity index (χ3v) is 1.88. The van der Waals surface area contributed by atoms with E-state index < -0.39 is 0 Å². The molecule has 0 unspecified atom stereocenters. The Labute approximate surface area is 93.7 Å². The monoisotopic (exact) mass is 225 g/mol. The van der Waals surface area contributed by atoms with Crippen molar-refractivity contribution in [1.29, 1.82) is 0 Å². The highest BCUT2D eigenvalue weighted by Gasteiger charge is 2.00. The number of amides is 1. The molecule has 0 radical (unpaired) electrons. The highest BCUT2D eigenvalue weighted by molar-refractivity contribution is 6.30. The van der Waals surface area contributed by atoms with Gasteiger partial charge in [-0.3, -0.25) is 4.79 Å². The molecule has 0 saturated heterocycles. The second kappa shape index (κ2) is 6.09. The molecule has 0 saturated carbocycles. The number of ether oxygens (including phenoxy) is 1. The van der Waals surface area contributed by atoms with Gasteiger partial charge in [-0.25, -0.2) is 0 Å². The van der Waals surface area contributed by atoms with Crippen molar-refractivity contribution < 1.29 is 9.53 Å². The van der Waals surface area contributed by atoms with Crippen LogP contribution < -0.4 is 10.1 Å². The Morgan fingerprint density at radius 3 is 2.73 bits per heavy atom. The first-order chi connectivity index (χ1) is 7.22. The largest absolute Gasteiger partial charge is 0.484 e. The van der Waals surface area contributed by atoms with Gasteiger partial charge in [0.15, 0.2) is 6.61 Å². The lowest BCUT2D eigenvalue weighted by molar-refractivity contribution is -0.122. The summed E-state index contributed by atoms with van der Waals surface area (Å²) in [6, 6.07) is 6.84. The lowest BCUT2D eigenvalue weighted by atomic mass is 10.3. The summed E-state index contributed by atoms with van der Waals surface area (Å²) in [5.74, 6) is 0.443. The Balaban J connectivity index is 2.33. The standard InChI is InChI=1S/C11H12ClNO2/c1-2-7-13-11(14)8-15-10-5-3-9(12)4-6-10/h2-6H,1,7-8H2,(H,13,14). The molecule has 4 heteroatoms. The van der Waals surface area contributed by atoms with Crippen LogP contribution in [-0.2, 0) is 4.79 Å². The molecular weight excluding hydrogens is 214 g/mol. The van der Waals surface area contributed by atoms with Gasteiger partial charge in [0, 0.05) is 11.6 Å². The molecule has 0 fully saturated rings. The number of hydrogen-bond acceptors (Lipinski definition) is 2. The molecule has 15 heavy (non-hydrogen) atoms. The lowest BCUT2D eigenvalue weighted by Crippen LogP contribution is -2.28. The van der Waals surface area contributed by atoms with Crippen molar-refractivity contribution in [3.05, 3.63) is 41.9 Å². The van der Waals surface area contributed by atoms with Gasteiger partial charge >= 0.3 is 0 Å². The van der Waals surface area contributed by atoms with Crippen LogP contribution in [0.3, 0.4) is 0 Å². The van der Waals surface area contributed by atoms with Crippen LogP contribution in [0, 0.1) is 0 Å². The highest BCUT2D eigenvalue weighted by Crippen LogP contribution is 2.15. The van der Waals surface area contributed by atoms with E-state index in [1.54, 1.807) is 30.3 Å².